The third kappa shape index (κ3) is 6.43. The molecular weight excluding hydrogens is 531 g/mol. The average Bonchev–Trinajstić information content (AvgIpc) is 2.96. The zero-order chi connectivity index (χ0) is 28.2. The minimum Gasteiger partial charge on any atom is -0.493 e. The summed E-state index contributed by atoms with van der Waals surface area (Å²) in [5.41, 5.74) is 0.894. The summed E-state index contributed by atoms with van der Waals surface area (Å²) in [5.74, 6) is 2.94. The van der Waals surface area contributed by atoms with E-state index in [1.807, 2.05) is 26.2 Å². The first-order valence-corrected chi connectivity index (χ1v) is 14.6. The zero-order valence-corrected chi connectivity index (χ0v) is 24.2. The molecule has 1 aromatic heterocycles. The normalized spacial score (nSPS) is 23.0. The van der Waals surface area contributed by atoms with Crippen LogP contribution in [0.2, 0.25) is 5.02 Å². The van der Waals surface area contributed by atoms with Gasteiger partial charge in [0, 0.05) is 31.5 Å². The first-order valence-electron chi connectivity index (χ1n) is 14.2. The van der Waals surface area contributed by atoms with Gasteiger partial charge in [0.2, 0.25) is 5.91 Å². The molecule has 214 valence electrons. The number of rotatable bonds is 8. The molecule has 7 nitrogen and oxygen atoms in total. The van der Waals surface area contributed by atoms with E-state index in [0.29, 0.717) is 40.1 Å². The van der Waals surface area contributed by atoms with Crippen molar-refractivity contribution in [2.24, 2.45) is 17.8 Å². The van der Waals surface area contributed by atoms with E-state index in [0.717, 1.165) is 44.9 Å². The third-order valence-electron chi connectivity index (χ3n) is 8.45. The fraction of sp³-hybridized carbons (Fsp3) is 0.516. The summed E-state index contributed by atoms with van der Waals surface area (Å²) in [7, 11) is 5.34. The van der Waals surface area contributed by atoms with E-state index in [9.17, 15) is 9.18 Å². The summed E-state index contributed by atoms with van der Waals surface area (Å²) in [6.45, 7) is 0. The summed E-state index contributed by atoms with van der Waals surface area (Å²) in [5, 5.41) is 3.79. The molecule has 40 heavy (non-hydrogen) atoms. The standard InChI is InChI=1S/C31H38ClFN4O3/c1-37(2)31(38)21-7-4-6-20(15-21)14-19-10-12-22(13-11-19)40-28-16-23-26(17-27(28)39-3)34-18-35-30(23)36-25-9-5-8-24(32)29(25)33/h5,8-9,16-22H,4,6-7,10-15H2,1-3H3,(H,34,35,36)/t19?,20?,21-,22?/m1/s1. The van der Waals surface area contributed by atoms with Crippen LogP contribution in [0.1, 0.15) is 57.8 Å². The van der Waals surface area contributed by atoms with Gasteiger partial charge < -0.3 is 19.7 Å². The van der Waals surface area contributed by atoms with Gasteiger partial charge in [0.05, 0.1) is 29.4 Å². The van der Waals surface area contributed by atoms with Crippen molar-refractivity contribution in [2.45, 2.75) is 63.9 Å². The lowest BCUT2D eigenvalue weighted by atomic mass is 9.74. The van der Waals surface area contributed by atoms with Crippen LogP contribution in [0.15, 0.2) is 36.7 Å². The van der Waals surface area contributed by atoms with Crippen molar-refractivity contribution in [3.8, 4) is 11.5 Å². The maximum atomic E-state index is 14.6. The third-order valence-corrected chi connectivity index (χ3v) is 8.74. The van der Waals surface area contributed by atoms with E-state index in [1.54, 1.807) is 24.1 Å². The lowest BCUT2D eigenvalue weighted by Crippen LogP contribution is -2.33. The molecule has 0 bridgehead atoms. The molecule has 1 N–H and O–H groups in total. The highest BCUT2D eigenvalue weighted by Crippen LogP contribution is 2.41. The lowest BCUT2D eigenvalue weighted by Gasteiger charge is -2.35. The molecule has 1 amide bonds. The molecule has 1 unspecified atom stereocenters. The lowest BCUT2D eigenvalue weighted by molar-refractivity contribution is -0.134. The van der Waals surface area contributed by atoms with Crippen LogP contribution in [0.25, 0.3) is 10.9 Å². The Kier molecular flexibility index (Phi) is 8.94. The van der Waals surface area contributed by atoms with Gasteiger partial charge in [0.15, 0.2) is 17.3 Å². The monoisotopic (exact) mass is 568 g/mol. The molecule has 5 rings (SSSR count). The van der Waals surface area contributed by atoms with E-state index in [2.05, 4.69) is 15.3 Å². The molecule has 2 aliphatic rings. The highest BCUT2D eigenvalue weighted by Gasteiger charge is 2.31. The van der Waals surface area contributed by atoms with Crippen molar-refractivity contribution in [3.05, 3.63) is 47.5 Å². The van der Waals surface area contributed by atoms with Crippen molar-refractivity contribution in [3.63, 3.8) is 0 Å². The topological polar surface area (TPSA) is 76.6 Å². The Morgan fingerprint density at radius 1 is 1.07 bits per heavy atom. The van der Waals surface area contributed by atoms with Crippen LogP contribution in [0.5, 0.6) is 11.5 Å². The fourth-order valence-electron chi connectivity index (χ4n) is 6.37. The first kappa shape index (κ1) is 28.4. The Bertz CT molecular complexity index is 1350. The molecule has 2 aliphatic carbocycles. The van der Waals surface area contributed by atoms with Crippen LogP contribution in [0.3, 0.4) is 0 Å². The number of benzene rings is 2. The molecule has 0 saturated heterocycles. The minimum absolute atomic E-state index is 0.0370. The van der Waals surface area contributed by atoms with E-state index in [1.165, 1.54) is 25.2 Å². The maximum Gasteiger partial charge on any atom is 0.225 e. The molecule has 0 spiro atoms. The van der Waals surface area contributed by atoms with Gasteiger partial charge in [-0.25, -0.2) is 14.4 Å². The number of anilines is 2. The Morgan fingerprint density at radius 3 is 2.62 bits per heavy atom. The van der Waals surface area contributed by atoms with Gasteiger partial charge in [-0.1, -0.05) is 30.5 Å². The Labute approximate surface area is 240 Å². The number of hydrogen-bond donors (Lipinski definition) is 1. The fourth-order valence-corrected chi connectivity index (χ4v) is 6.55. The summed E-state index contributed by atoms with van der Waals surface area (Å²) in [6, 6.07) is 8.49. The first-order chi connectivity index (χ1) is 19.3. The zero-order valence-electron chi connectivity index (χ0n) is 23.5. The van der Waals surface area contributed by atoms with Crippen molar-refractivity contribution >= 4 is 39.9 Å². The predicted octanol–water partition coefficient (Wildman–Crippen LogP) is 7.40. The van der Waals surface area contributed by atoms with Crippen LogP contribution in [-0.2, 0) is 4.79 Å². The second kappa shape index (κ2) is 12.6. The molecule has 0 radical (unpaired) electrons. The number of fused-ring (bicyclic) bond motifs is 1. The van der Waals surface area contributed by atoms with Gasteiger partial charge in [0.25, 0.3) is 0 Å². The molecule has 0 aliphatic heterocycles. The summed E-state index contributed by atoms with van der Waals surface area (Å²) >= 11 is 5.97. The summed E-state index contributed by atoms with van der Waals surface area (Å²) in [4.78, 5) is 23.0. The summed E-state index contributed by atoms with van der Waals surface area (Å²) < 4.78 is 26.7. The van der Waals surface area contributed by atoms with E-state index in [-0.39, 0.29) is 28.6 Å². The number of carbonyl (C=O) groups is 1. The van der Waals surface area contributed by atoms with Gasteiger partial charge in [-0.05, 0) is 75.0 Å². The highest BCUT2D eigenvalue weighted by molar-refractivity contribution is 6.31. The number of nitrogens with zero attached hydrogens (tertiary/aromatic N) is 3. The van der Waals surface area contributed by atoms with Crippen LogP contribution in [0, 0.1) is 23.6 Å². The van der Waals surface area contributed by atoms with Crippen LogP contribution in [-0.4, -0.2) is 48.1 Å². The molecule has 2 fully saturated rings. The number of nitrogens with one attached hydrogen (secondary N) is 1. The number of halogens is 2. The van der Waals surface area contributed by atoms with Crippen LogP contribution < -0.4 is 14.8 Å². The number of amides is 1. The van der Waals surface area contributed by atoms with E-state index < -0.39 is 5.82 Å². The quantitative estimate of drug-likeness (QED) is 0.305. The van der Waals surface area contributed by atoms with E-state index >= 15 is 0 Å². The predicted molar refractivity (Wildman–Crippen MR) is 156 cm³/mol. The van der Waals surface area contributed by atoms with Crippen molar-refractivity contribution in [1.82, 2.24) is 14.9 Å². The molecule has 2 aromatic carbocycles. The Hall–Kier alpha value is -3.13. The smallest absolute Gasteiger partial charge is 0.225 e. The van der Waals surface area contributed by atoms with Crippen LogP contribution >= 0.6 is 11.6 Å². The number of ether oxygens (including phenoxy) is 2. The number of methoxy groups -OCH3 is 1. The Balaban J connectivity index is 1.24. The second-order valence-corrected chi connectivity index (χ2v) is 11.8. The van der Waals surface area contributed by atoms with E-state index in [4.69, 9.17) is 21.1 Å². The van der Waals surface area contributed by atoms with Crippen LogP contribution in [0.4, 0.5) is 15.9 Å². The SMILES string of the molecule is COc1cc2ncnc(Nc3cccc(Cl)c3F)c2cc1OC1CCC(CC2CCC[C@@H](C(=O)N(C)C)C2)CC1. The molecular formula is C31H38ClFN4O3. The highest BCUT2D eigenvalue weighted by atomic mass is 35.5. The minimum atomic E-state index is -0.536. The van der Waals surface area contributed by atoms with Crippen molar-refractivity contribution < 1.29 is 18.7 Å². The number of aromatic nitrogens is 2. The van der Waals surface area contributed by atoms with Gasteiger partial charge in [0.1, 0.15) is 12.1 Å². The number of carbonyl (C=O) groups excluding carboxylic acids is 1. The molecule has 2 saturated carbocycles. The largest absolute Gasteiger partial charge is 0.493 e. The molecule has 3 aromatic rings. The van der Waals surface area contributed by atoms with Gasteiger partial charge >= 0.3 is 0 Å². The van der Waals surface area contributed by atoms with Crippen molar-refractivity contribution in [2.75, 3.05) is 26.5 Å². The number of hydrogen-bond acceptors (Lipinski definition) is 6. The molecule has 1 heterocycles. The molecule has 2 atom stereocenters. The summed E-state index contributed by atoms with van der Waals surface area (Å²) in [6.07, 6.45) is 11.3. The average molecular weight is 569 g/mol. The van der Waals surface area contributed by atoms with Crippen molar-refractivity contribution in [1.29, 1.82) is 0 Å². The second-order valence-electron chi connectivity index (χ2n) is 11.4. The maximum absolute atomic E-state index is 14.6. The molecule has 9 heteroatoms. The Morgan fingerprint density at radius 2 is 1.88 bits per heavy atom. The van der Waals surface area contributed by atoms with Gasteiger partial charge in [-0.3, -0.25) is 4.79 Å². The van der Waals surface area contributed by atoms with Gasteiger partial charge in [-0.2, -0.15) is 0 Å². The van der Waals surface area contributed by atoms with Gasteiger partial charge in [-0.15, -0.1) is 0 Å².